The molecule has 1 aliphatic heterocycles. The SMILES string of the molecule is CN(C)C(=O)CN=C(NCc1ccco1)NC1CCOCC1.I. The van der Waals surface area contributed by atoms with Gasteiger partial charge in [-0.25, -0.2) is 4.99 Å². The van der Waals surface area contributed by atoms with E-state index in [2.05, 4.69) is 15.6 Å². The average molecular weight is 436 g/mol. The zero-order valence-electron chi connectivity index (χ0n) is 13.6. The van der Waals surface area contributed by atoms with Crippen molar-refractivity contribution in [2.24, 2.45) is 4.99 Å². The van der Waals surface area contributed by atoms with Gasteiger partial charge in [0.15, 0.2) is 5.96 Å². The summed E-state index contributed by atoms with van der Waals surface area (Å²) in [5, 5.41) is 6.56. The second-order valence-corrected chi connectivity index (χ2v) is 5.42. The smallest absolute Gasteiger partial charge is 0.243 e. The number of nitrogens with one attached hydrogen (secondary N) is 2. The lowest BCUT2D eigenvalue weighted by Crippen LogP contribution is -2.45. The normalized spacial score (nSPS) is 15.7. The highest BCUT2D eigenvalue weighted by molar-refractivity contribution is 14.0. The largest absolute Gasteiger partial charge is 0.467 e. The third-order valence-electron chi connectivity index (χ3n) is 3.44. The molecule has 1 aromatic rings. The zero-order chi connectivity index (χ0) is 15.8. The Kier molecular flexibility index (Phi) is 9.00. The van der Waals surface area contributed by atoms with Crippen molar-refractivity contribution >= 4 is 35.8 Å². The molecule has 1 saturated heterocycles. The molecule has 2 heterocycles. The van der Waals surface area contributed by atoms with Crippen LogP contribution in [0.4, 0.5) is 0 Å². The Labute approximate surface area is 153 Å². The monoisotopic (exact) mass is 436 g/mol. The van der Waals surface area contributed by atoms with Crippen LogP contribution in [0, 0.1) is 0 Å². The van der Waals surface area contributed by atoms with Gasteiger partial charge in [-0.1, -0.05) is 0 Å². The Morgan fingerprint density at radius 1 is 1.39 bits per heavy atom. The van der Waals surface area contributed by atoms with Crippen LogP contribution in [0.1, 0.15) is 18.6 Å². The van der Waals surface area contributed by atoms with E-state index in [-0.39, 0.29) is 36.4 Å². The molecule has 0 unspecified atom stereocenters. The second kappa shape index (κ2) is 10.5. The molecule has 1 aromatic heterocycles. The number of rotatable bonds is 5. The second-order valence-electron chi connectivity index (χ2n) is 5.42. The number of ether oxygens (including phenoxy) is 1. The highest BCUT2D eigenvalue weighted by Crippen LogP contribution is 2.06. The maximum absolute atomic E-state index is 11.7. The Hall–Kier alpha value is -1.29. The fourth-order valence-corrected chi connectivity index (χ4v) is 2.06. The van der Waals surface area contributed by atoms with Gasteiger partial charge in [0.1, 0.15) is 12.3 Å². The van der Waals surface area contributed by atoms with Crippen molar-refractivity contribution in [3.63, 3.8) is 0 Å². The van der Waals surface area contributed by atoms with Gasteiger partial charge in [0.2, 0.25) is 5.91 Å². The van der Waals surface area contributed by atoms with Gasteiger partial charge in [-0.3, -0.25) is 4.79 Å². The molecule has 1 aliphatic rings. The molecule has 0 atom stereocenters. The minimum Gasteiger partial charge on any atom is -0.467 e. The molecule has 0 spiro atoms. The van der Waals surface area contributed by atoms with Crippen molar-refractivity contribution in [2.75, 3.05) is 33.9 Å². The molecule has 1 amide bonds. The minimum atomic E-state index is -0.0360. The Morgan fingerprint density at radius 2 is 2.13 bits per heavy atom. The summed E-state index contributed by atoms with van der Waals surface area (Å²) in [5.41, 5.74) is 0. The molecule has 2 rings (SSSR count). The molecule has 7 nitrogen and oxygen atoms in total. The number of amides is 1. The number of carbonyl (C=O) groups is 1. The first-order valence-corrected chi connectivity index (χ1v) is 7.50. The Balaban J connectivity index is 0.00000264. The number of furan rings is 1. The fraction of sp³-hybridized carbons (Fsp3) is 0.600. The van der Waals surface area contributed by atoms with Crippen LogP contribution in [-0.2, 0) is 16.1 Å². The van der Waals surface area contributed by atoms with E-state index in [1.54, 1.807) is 20.4 Å². The number of likely N-dealkylation sites (N-methyl/N-ethyl adjacent to an activating group) is 1. The number of carbonyl (C=O) groups excluding carboxylic acids is 1. The van der Waals surface area contributed by atoms with Crippen LogP contribution in [0.5, 0.6) is 0 Å². The van der Waals surface area contributed by atoms with Crippen LogP contribution in [-0.4, -0.2) is 56.7 Å². The summed E-state index contributed by atoms with van der Waals surface area (Å²) in [7, 11) is 3.44. The quantitative estimate of drug-likeness (QED) is 0.412. The van der Waals surface area contributed by atoms with Crippen LogP contribution in [0.25, 0.3) is 0 Å². The van der Waals surface area contributed by atoms with Crippen LogP contribution < -0.4 is 10.6 Å². The summed E-state index contributed by atoms with van der Waals surface area (Å²) in [6.07, 6.45) is 3.50. The zero-order valence-corrected chi connectivity index (χ0v) is 15.9. The number of nitrogens with zero attached hydrogens (tertiary/aromatic N) is 2. The lowest BCUT2D eigenvalue weighted by atomic mass is 10.1. The van der Waals surface area contributed by atoms with E-state index in [9.17, 15) is 4.79 Å². The van der Waals surface area contributed by atoms with E-state index in [4.69, 9.17) is 9.15 Å². The fourth-order valence-electron chi connectivity index (χ4n) is 2.06. The number of hydrogen-bond donors (Lipinski definition) is 2. The number of guanidine groups is 1. The maximum atomic E-state index is 11.7. The molecule has 8 heteroatoms. The van der Waals surface area contributed by atoms with Crippen molar-refractivity contribution in [1.82, 2.24) is 15.5 Å². The van der Waals surface area contributed by atoms with E-state index >= 15 is 0 Å². The van der Waals surface area contributed by atoms with Gasteiger partial charge in [0.25, 0.3) is 0 Å². The molecular weight excluding hydrogens is 411 g/mol. The van der Waals surface area contributed by atoms with Gasteiger partial charge in [-0.2, -0.15) is 0 Å². The van der Waals surface area contributed by atoms with Gasteiger partial charge in [0, 0.05) is 33.4 Å². The highest BCUT2D eigenvalue weighted by atomic mass is 127. The molecule has 0 saturated carbocycles. The predicted octanol–water partition coefficient (Wildman–Crippen LogP) is 1.20. The van der Waals surface area contributed by atoms with Crippen molar-refractivity contribution in [1.29, 1.82) is 0 Å². The summed E-state index contributed by atoms with van der Waals surface area (Å²) in [5.74, 6) is 1.41. The first kappa shape index (κ1) is 19.8. The topological polar surface area (TPSA) is 79.1 Å². The van der Waals surface area contributed by atoms with Crippen LogP contribution in [0.2, 0.25) is 0 Å². The highest BCUT2D eigenvalue weighted by Gasteiger charge is 2.15. The van der Waals surface area contributed by atoms with Gasteiger partial charge in [-0.15, -0.1) is 24.0 Å². The molecule has 23 heavy (non-hydrogen) atoms. The first-order chi connectivity index (χ1) is 10.6. The van der Waals surface area contributed by atoms with Crippen LogP contribution in [0.3, 0.4) is 0 Å². The lowest BCUT2D eigenvalue weighted by Gasteiger charge is -2.25. The van der Waals surface area contributed by atoms with Gasteiger partial charge in [0.05, 0.1) is 12.8 Å². The predicted molar refractivity (Wildman–Crippen MR) is 98.9 cm³/mol. The standard InChI is InChI=1S/C15H24N4O3.HI/c1-19(2)14(20)11-17-15(16-10-13-4-3-7-22-13)18-12-5-8-21-9-6-12;/h3-4,7,12H,5-6,8-11H2,1-2H3,(H2,16,17,18);1H. The first-order valence-electron chi connectivity index (χ1n) is 7.50. The van der Waals surface area contributed by atoms with Crippen molar-refractivity contribution in [2.45, 2.75) is 25.4 Å². The molecule has 2 N–H and O–H groups in total. The van der Waals surface area contributed by atoms with Crippen LogP contribution >= 0.6 is 24.0 Å². The summed E-state index contributed by atoms with van der Waals surface area (Å²) in [6, 6.07) is 4.05. The molecule has 0 radical (unpaired) electrons. The van der Waals surface area contributed by atoms with Gasteiger partial charge in [-0.05, 0) is 25.0 Å². The number of hydrogen-bond acceptors (Lipinski definition) is 4. The number of halogens is 1. The third-order valence-corrected chi connectivity index (χ3v) is 3.44. The van der Waals surface area contributed by atoms with Gasteiger partial charge >= 0.3 is 0 Å². The number of aliphatic imine (C=N–C) groups is 1. The van der Waals surface area contributed by atoms with Crippen LogP contribution in [0.15, 0.2) is 27.8 Å². The molecule has 130 valence electrons. The van der Waals surface area contributed by atoms with E-state index in [0.717, 1.165) is 31.8 Å². The van der Waals surface area contributed by atoms with E-state index in [1.165, 1.54) is 4.90 Å². The Morgan fingerprint density at radius 3 is 2.74 bits per heavy atom. The van der Waals surface area contributed by atoms with Crippen molar-refractivity contribution in [3.05, 3.63) is 24.2 Å². The van der Waals surface area contributed by atoms with E-state index in [1.807, 2.05) is 12.1 Å². The Bertz CT molecular complexity index is 485. The molecule has 0 bridgehead atoms. The van der Waals surface area contributed by atoms with E-state index < -0.39 is 0 Å². The summed E-state index contributed by atoms with van der Waals surface area (Å²) >= 11 is 0. The summed E-state index contributed by atoms with van der Waals surface area (Å²) in [6.45, 7) is 2.14. The minimum absolute atomic E-state index is 0. The molecule has 1 fully saturated rings. The maximum Gasteiger partial charge on any atom is 0.243 e. The lowest BCUT2D eigenvalue weighted by molar-refractivity contribution is -0.127. The van der Waals surface area contributed by atoms with Gasteiger partial charge < -0.3 is 24.7 Å². The molecule has 0 aliphatic carbocycles. The van der Waals surface area contributed by atoms with E-state index in [0.29, 0.717) is 18.5 Å². The average Bonchev–Trinajstić information content (AvgIpc) is 3.04. The molecule has 0 aromatic carbocycles. The van der Waals surface area contributed by atoms with Crippen molar-refractivity contribution in [3.8, 4) is 0 Å². The molecular formula is C15H25IN4O3. The summed E-state index contributed by atoms with van der Waals surface area (Å²) in [4.78, 5) is 17.6. The summed E-state index contributed by atoms with van der Waals surface area (Å²) < 4.78 is 10.7. The van der Waals surface area contributed by atoms with Crippen molar-refractivity contribution < 1.29 is 13.9 Å². The third kappa shape index (κ3) is 7.21.